The van der Waals surface area contributed by atoms with Gasteiger partial charge in [-0.1, -0.05) is 6.92 Å². The smallest absolute Gasteiger partial charge is 0.325 e. The lowest BCUT2D eigenvalue weighted by atomic mass is 9.99. The van der Waals surface area contributed by atoms with Gasteiger partial charge in [0.2, 0.25) is 0 Å². The summed E-state index contributed by atoms with van der Waals surface area (Å²) in [7, 11) is 3.22. The number of carboxylic acid groups (broad SMARTS) is 1. The van der Waals surface area contributed by atoms with Gasteiger partial charge in [0.1, 0.15) is 17.6 Å². The summed E-state index contributed by atoms with van der Waals surface area (Å²) in [6.07, 6.45) is 2.37. The quantitative estimate of drug-likeness (QED) is 0.828. The van der Waals surface area contributed by atoms with Crippen molar-refractivity contribution < 1.29 is 19.0 Å². The zero-order valence-corrected chi connectivity index (χ0v) is 14.7. The molecule has 2 rings (SSSR count). The average molecular weight is 338 g/mol. The lowest BCUT2D eigenvalue weighted by molar-refractivity contribution is -0.143. The van der Waals surface area contributed by atoms with Crippen molar-refractivity contribution in [2.75, 3.05) is 40.3 Å². The fraction of sp³-hybridized carbons (Fsp3) is 0.611. The lowest BCUT2D eigenvalue weighted by Gasteiger charge is -2.33. The van der Waals surface area contributed by atoms with Crippen molar-refractivity contribution in [1.29, 1.82) is 0 Å². The second kappa shape index (κ2) is 8.44. The van der Waals surface area contributed by atoms with Crippen LogP contribution < -0.4 is 4.74 Å². The van der Waals surface area contributed by atoms with E-state index in [2.05, 4.69) is 11.8 Å². The third kappa shape index (κ3) is 4.68. The highest BCUT2D eigenvalue weighted by Gasteiger charge is 2.28. The van der Waals surface area contributed by atoms with E-state index < -0.39 is 17.8 Å². The summed E-state index contributed by atoms with van der Waals surface area (Å²) in [5.74, 6) is -0.311. The van der Waals surface area contributed by atoms with E-state index in [1.165, 1.54) is 38.2 Å². The van der Waals surface area contributed by atoms with E-state index in [4.69, 9.17) is 4.74 Å². The fourth-order valence-electron chi connectivity index (χ4n) is 3.19. The van der Waals surface area contributed by atoms with Crippen molar-refractivity contribution in [2.45, 2.75) is 25.8 Å². The largest absolute Gasteiger partial charge is 0.496 e. The molecule has 1 atom stereocenters. The fourth-order valence-corrected chi connectivity index (χ4v) is 3.19. The number of likely N-dealkylation sites (tertiary alicyclic amines) is 1. The molecule has 0 aromatic heterocycles. The second-order valence-corrected chi connectivity index (χ2v) is 6.63. The van der Waals surface area contributed by atoms with E-state index in [9.17, 15) is 14.3 Å². The molecule has 5 nitrogen and oxygen atoms in total. The van der Waals surface area contributed by atoms with Crippen molar-refractivity contribution in [3.05, 3.63) is 29.6 Å². The summed E-state index contributed by atoms with van der Waals surface area (Å²) < 4.78 is 18.8. The zero-order chi connectivity index (χ0) is 17.7. The van der Waals surface area contributed by atoms with Crippen LogP contribution in [0.4, 0.5) is 4.39 Å². The molecule has 1 aliphatic rings. The number of piperidine rings is 1. The SMILES string of the molecule is COc1ccc(F)cc1C(C(=O)O)N(C)CCN1CCC(C)CC1. The maximum absolute atomic E-state index is 13.6. The minimum atomic E-state index is -1.01. The van der Waals surface area contributed by atoms with Crippen LogP contribution >= 0.6 is 0 Å². The van der Waals surface area contributed by atoms with Crippen molar-refractivity contribution in [2.24, 2.45) is 5.92 Å². The van der Waals surface area contributed by atoms with Gasteiger partial charge in [0.15, 0.2) is 0 Å². The average Bonchev–Trinajstić information content (AvgIpc) is 2.54. The van der Waals surface area contributed by atoms with Gasteiger partial charge in [-0.25, -0.2) is 4.39 Å². The Morgan fingerprint density at radius 3 is 2.71 bits per heavy atom. The third-order valence-electron chi connectivity index (χ3n) is 4.81. The number of hydrogen-bond donors (Lipinski definition) is 1. The molecule has 1 unspecified atom stereocenters. The minimum Gasteiger partial charge on any atom is -0.496 e. The van der Waals surface area contributed by atoms with Crippen LogP contribution in [0.1, 0.15) is 31.4 Å². The Bertz CT molecular complexity index is 559. The molecular formula is C18H27FN2O3. The van der Waals surface area contributed by atoms with Gasteiger partial charge < -0.3 is 14.7 Å². The third-order valence-corrected chi connectivity index (χ3v) is 4.81. The van der Waals surface area contributed by atoms with Crippen LogP contribution in [0, 0.1) is 11.7 Å². The number of benzene rings is 1. The van der Waals surface area contributed by atoms with Gasteiger partial charge in [-0.3, -0.25) is 9.69 Å². The maximum Gasteiger partial charge on any atom is 0.325 e. The topological polar surface area (TPSA) is 53.0 Å². The molecule has 1 heterocycles. The first-order chi connectivity index (χ1) is 11.4. The van der Waals surface area contributed by atoms with E-state index >= 15 is 0 Å². The van der Waals surface area contributed by atoms with Crippen molar-refractivity contribution in [3.63, 3.8) is 0 Å². The van der Waals surface area contributed by atoms with Crippen LogP contribution in [0.2, 0.25) is 0 Å². The number of halogens is 1. The van der Waals surface area contributed by atoms with Crippen molar-refractivity contribution >= 4 is 5.97 Å². The van der Waals surface area contributed by atoms with E-state index in [0.29, 0.717) is 17.9 Å². The molecule has 0 saturated carbocycles. The highest BCUT2D eigenvalue weighted by molar-refractivity contribution is 5.76. The summed E-state index contributed by atoms with van der Waals surface area (Å²) in [5, 5.41) is 9.65. The zero-order valence-electron chi connectivity index (χ0n) is 14.7. The molecular weight excluding hydrogens is 311 g/mol. The first kappa shape index (κ1) is 18.7. The molecule has 0 bridgehead atoms. The molecule has 134 valence electrons. The molecule has 24 heavy (non-hydrogen) atoms. The first-order valence-electron chi connectivity index (χ1n) is 8.41. The maximum atomic E-state index is 13.6. The predicted octanol–water partition coefficient (Wildman–Crippen LogP) is 2.62. The number of carboxylic acids is 1. The normalized spacial score (nSPS) is 17.9. The molecule has 0 spiro atoms. The molecule has 1 saturated heterocycles. The van der Waals surface area contributed by atoms with Gasteiger partial charge >= 0.3 is 5.97 Å². The molecule has 0 amide bonds. The monoisotopic (exact) mass is 338 g/mol. The number of hydrogen-bond acceptors (Lipinski definition) is 4. The highest BCUT2D eigenvalue weighted by Crippen LogP contribution is 2.30. The first-order valence-corrected chi connectivity index (χ1v) is 8.41. The Morgan fingerprint density at radius 2 is 2.12 bits per heavy atom. The molecule has 0 radical (unpaired) electrons. The van der Waals surface area contributed by atoms with Crippen LogP contribution in [-0.2, 0) is 4.79 Å². The van der Waals surface area contributed by atoms with Gasteiger partial charge in [-0.15, -0.1) is 0 Å². The number of ether oxygens (including phenoxy) is 1. The number of aliphatic carboxylic acids is 1. The van der Waals surface area contributed by atoms with Crippen molar-refractivity contribution in [3.8, 4) is 5.75 Å². The van der Waals surface area contributed by atoms with Crippen LogP contribution in [0.25, 0.3) is 0 Å². The van der Waals surface area contributed by atoms with Gasteiger partial charge in [0, 0.05) is 18.7 Å². The minimum absolute atomic E-state index is 0.347. The standard InChI is InChI=1S/C18H27FN2O3/c1-13-6-8-21(9-7-13)11-10-20(2)17(18(22)23)15-12-14(19)4-5-16(15)24-3/h4-5,12-13,17H,6-11H2,1-3H3,(H,22,23). The number of carbonyl (C=O) groups is 1. The molecule has 1 fully saturated rings. The summed E-state index contributed by atoms with van der Waals surface area (Å²) in [6.45, 7) is 5.78. The van der Waals surface area contributed by atoms with E-state index in [1.807, 2.05) is 0 Å². The summed E-state index contributed by atoms with van der Waals surface area (Å²) in [6, 6.07) is 3.06. The van der Waals surface area contributed by atoms with Crippen LogP contribution in [0.15, 0.2) is 18.2 Å². The Hall–Kier alpha value is -1.66. The van der Waals surface area contributed by atoms with Gasteiger partial charge in [-0.2, -0.15) is 0 Å². The Labute approximate surface area is 143 Å². The van der Waals surface area contributed by atoms with Crippen LogP contribution in [0.3, 0.4) is 0 Å². The Morgan fingerprint density at radius 1 is 1.46 bits per heavy atom. The van der Waals surface area contributed by atoms with E-state index in [0.717, 1.165) is 25.6 Å². The molecule has 6 heteroatoms. The predicted molar refractivity (Wildman–Crippen MR) is 90.8 cm³/mol. The Kier molecular flexibility index (Phi) is 6.57. The summed E-state index contributed by atoms with van der Waals surface area (Å²) in [5.41, 5.74) is 0.347. The molecule has 1 aliphatic heterocycles. The Balaban J connectivity index is 2.07. The van der Waals surface area contributed by atoms with Gasteiger partial charge in [0.05, 0.1) is 7.11 Å². The number of nitrogens with zero attached hydrogens (tertiary/aromatic N) is 2. The van der Waals surface area contributed by atoms with Gasteiger partial charge in [0.25, 0.3) is 0 Å². The molecule has 1 N–H and O–H groups in total. The highest BCUT2D eigenvalue weighted by atomic mass is 19.1. The number of likely N-dealkylation sites (N-methyl/N-ethyl adjacent to an activating group) is 1. The van der Waals surface area contributed by atoms with E-state index in [-0.39, 0.29) is 0 Å². The van der Waals surface area contributed by atoms with Crippen molar-refractivity contribution in [1.82, 2.24) is 9.80 Å². The summed E-state index contributed by atoms with van der Waals surface area (Å²) >= 11 is 0. The lowest BCUT2D eigenvalue weighted by Crippen LogP contribution is -2.40. The molecule has 1 aromatic rings. The summed E-state index contributed by atoms with van der Waals surface area (Å²) in [4.78, 5) is 15.9. The van der Waals surface area contributed by atoms with Crippen LogP contribution in [0.5, 0.6) is 5.75 Å². The second-order valence-electron chi connectivity index (χ2n) is 6.63. The van der Waals surface area contributed by atoms with E-state index in [1.54, 1.807) is 11.9 Å². The molecule has 1 aromatic carbocycles. The molecule has 0 aliphatic carbocycles. The number of rotatable bonds is 7. The number of methoxy groups -OCH3 is 1. The van der Waals surface area contributed by atoms with Crippen LogP contribution in [-0.4, -0.2) is 61.2 Å². The van der Waals surface area contributed by atoms with Gasteiger partial charge in [-0.05, 0) is 57.1 Å².